The molecular formula is C16H29NO2. The summed E-state index contributed by atoms with van der Waals surface area (Å²) in [7, 11) is 0. The summed E-state index contributed by atoms with van der Waals surface area (Å²) in [6.45, 7) is 7.88. The van der Waals surface area contributed by atoms with Crippen molar-refractivity contribution in [1.29, 1.82) is 0 Å². The average Bonchev–Trinajstić information content (AvgIpc) is 2.69. The number of hydrogen-bond donors (Lipinski definition) is 1. The highest BCUT2D eigenvalue weighted by Gasteiger charge is 2.44. The van der Waals surface area contributed by atoms with E-state index < -0.39 is 5.97 Å². The monoisotopic (exact) mass is 267 g/mol. The number of rotatable bonds is 4. The van der Waals surface area contributed by atoms with E-state index in [1.165, 1.54) is 25.7 Å². The van der Waals surface area contributed by atoms with Gasteiger partial charge in [-0.25, -0.2) is 0 Å². The van der Waals surface area contributed by atoms with Crippen molar-refractivity contribution in [3.63, 3.8) is 0 Å². The highest BCUT2D eigenvalue weighted by atomic mass is 16.4. The summed E-state index contributed by atoms with van der Waals surface area (Å²) in [5.74, 6) is 0.00938. The highest BCUT2D eigenvalue weighted by Crippen LogP contribution is 2.41. The van der Waals surface area contributed by atoms with Crippen LogP contribution in [0.15, 0.2) is 0 Å². The molecule has 3 nitrogen and oxygen atoms in total. The molecule has 1 saturated carbocycles. The van der Waals surface area contributed by atoms with Gasteiger partial charge < -0.3 is 5.11 Å². The second kappa shape index (κ2) is 5.82. The number of carboxylic acid groups (broad SMARTS) is 1. The second-order valence-corrected chi connectivity index (χ2v) is 7.09. The first-order valence-electron chi connectivity index (χ1n) is 7.95. The number of likely N-dealkylation sites (tertiary alicyclic amines) is 1. The number of carboxylic acids is 1. The smallest absolute Gasteiger partial charge is 0.308 e. The van der Waals surface area contributed by atoms with Crippen LogP contribution >= 0.6 is 0 Å². The van der Waals surface area contributed by atoms with Gasteiger partial charge in [0.15, 0.2) is 0 Å². The number of carbonyl (C=O) groups is 1. The molecule has 1 heterocycles. The van der Waals surface area contributed by atoms with Gasteiger partial charge in [0, 0.05) is 11.6 Å². The molecule has 19 heavy (non-hydrogen) atoms. The van der Waals surface area contributed by atoms with Crippen LogP contribution in [0.1, 0.15) is 65.7 Å². The molecule has 0 radical (unpaired) electrons. The predicted octanol–water partition coefficient (Wildman–Crippen LogP) is 3.53. The molecule has 1 saturated heterocycles. The Hall–Kier alpha value is -0.570. The fourth-order valence-electron chi connectivity index (χ4n) is 4.28. The van der Waals surface area contributed by atoms with E-state index in [1.54, 1.807) is 0 Å². The number of hydrogen-bond acceptors (Lipinski definition) is 2. The standard InChI is InChI=1S/C16H29NO2/c1-4-6-12-7-8-13(15(18)19)14(11-12)17-10-5-9-16(17,2)3/h12-14H,4-11H2,1-3H3,(H,18,19). The first-order valence-corrected chi connectivity index (χ1v) is 7.95. The zero-order valence-electron chi connectivity index (χ0n) is 12.7. The van der Waals surface area contributed by atoms with Crippen molar-refractivity contribution in [2.24, 2.45) is 11.8 Å². The summed E-state index contributed by atoms with van der Waals surface area (Å²) >= 11 is 0. The number of nitrogens with zero attached hydrogens (tertiary/aromatic N) is 1. The summed E-state index contributed by atoms with van der Waals surface area (Å²) in [5, 5.41) is 9.53. The Kier molecular flexibility index (Phi) is 4.54. The third kappa shape index (κ3) is 3.13. The SMILES string of the molecule is CCCC1CCC(C(=O)O)C(N2CCCC2(C)C)C1. The van der Waals surface area contributed by atoms with Crippen LogP contribution < -0.4 is 0 Å². The van der Waals surface area contributed by atoms with E-state index >= 15 is 0 Å². The molecule has 1 aliphatic carbocycles. The van der Waals surface area contributed by atoms with Crippen LogP contribution in [-0.2, 0) is 4.79 Å². The number of aliphatic carboxylic acids is 1. The first kappa shape index (κ1) is 14.8. The van der Waals surface area contributed by atoms with Crippen molar-refractivity contribution in [2.75, 3.05) is 6.54 Å². The maximum atomic E-state index is 11.6. The van der Waals surface area contributed by atoms with E-state index in [1.807, 2.05) is 0 Å². The van der Waals surface area contributed by atoms with E-state index in [2.05, 4.69) is 25.7 Å². The fraction of sp³-hybridized carbons (Fsp3) is 0.938. The fourth-order valence-corrected chi connectivity index (χ4v) is 4.28. The average molecular weight is 267 g/mol. The van der Waals surface area contributed by atoms with E-state index in [9.17, 15) is 9.90 Å². The minimum absolute atomic E-state index is 0.148. The molecule has 2 fully saturated rings. The Balaban J connectivity index is 2.13. The van der Waals surface area contributed by atoms with Gasteiger partial charge in [-0.2, -0.15) is 0 Å². The van der Waals surface area contributed by atoms with Crippen molar-refractivity contribution in [1.82, 2.24) is 4.90 Å². The molecule has 0 amide bonds. The molecule has 0 aromatic rings. The Morgan fingerprint density at radius 3 is 2.63 bits per heavy atom. The van der Waals surface area contributed by atoms with Crippen LogP contribution in [0, 0.1) is 11.8 Å². The quantitative estimate of drug-likeness (QED) is 0.847. The molecule has 0 aromatic carbocycles. The van der Waals surface area contributed by atoms with Crippen molar-refractivity contribution in [3.8, 4) is 0 Å². The lowest BCUT2D eigenvalue weighted by Crippen LogP contribution is -2.52. The van der Waals surface area contributed by atoms with E-state index in [-0.39, 0.29) is 17.5 Å². The zero-order valence-corrected chi connectivity index (χ0v) is 12.7. The van der Waals surface area contributed by atoms with Crippen molar-refractivity contribution < 1.29 is 9.90 Å². The lowest BCUT2D eigenvalue weighted by Gasteiger charge is -2.45. The molecule has 2 aliphatic rings. The molecule has 3 heteroatoms. The Bertz CT molecular complexity index is 327. The first-order chi connectivity index (χ1) is 8.95. The summed E-state index contributed by atoms with van der Waals surface area (Å²) in [4.78, 5) is 14.1. The maximum Gasteiger partial charge on any atom is 0.308 e. The van der Waals surface area contributed by atoms with E-state index in [0.717, 1.165) is 31.7 Å². The van der Waals surface area contributed by atoms with Gasteiger partial charge in [0.25, 0.3) is 0 Å². The predicted molar refractivity (Wildman–Crippen MR) is 77.2 cm³/mol. The normalized spacial score (nSPS) is 35.4. The lowest BCUT2D eigenvalue weighted by molar-refractivity contribution is -0.147. The van der Waals surface area contributed by atoms with Crippen LogP contribution in [-0.4, -0.2) is 34.1 Å². The van der Waals surface area contributed by atoms with Crippen molar-refractivity contribution in [2.45, 2.75) is 77.3 Å². The van der Waals surface area contributed by atoms with Gasteiger partial charge in [-0.1, -0.05) is 19.8 Å². The minimum atomic E-state index is -0.581. The molecule has 2 rings (SSSR count). The summed E-state index contributed by atoms with van der Waals surface area (Å²) in [6.07, 6.45) is 7.97. The highest BCUT2D eigenvalue weighted by molar-refractivity contribution is 5.71. The van der Waals surface area contributed by atoms with Crippen LogP contribution in [0.25, 0.3) is 0 Å². The van der Waals surface area contributed by atoms with Gasteiger partial charge >= 0.3 is 5.97 Å². The second-order valence-electron chi connectivity index (χ2n) is 7.09. The van der Waals surface area contributed by atoms with Crippen LogP contribution in [0.5, 0.6) is 0 Å². The van der Waals surface area contributed by atoms with E-state index in [4.69, 9.17) is 0 Å². The summed E-state index contributed by atoms with van der Waals surface area (Å²) in [6, 6.07) is 0.264. The van der Waals surface area contributed by atoms with Crippen LogP contribution in [0.4, 0.5) is 0 Å². The Morgan fingerprint density at radius 2 is 2.11 bits per heavy atom. The van der Waals surface area contributed by atoms with Crippen molar-refractivity contribution in [3.05, 3.63) is 0 Å². The third-order valence-electron chi connectivity index (χ3n) is 5.30. The zero-order chi connectivity index (χ0) is 14.0. The Labute approximate surface area is 117 Å². The Morgan fingerprint density at radius 1 is 1.37 bits per heavy atom. The van der Waals surface area contributed by atoms with Gasteiger partial charge in [0.2, 0.25) is 0 Å². The molecular weight excluding hydrogens is 238 g/mol. The minimum Gasteiger partial charge on any atom is -0.481 e. The maximum absolute atomic E-state index is 11.6. The van der Waals surface area contributed by atoms with Crippen LogP contribution in [0.3, 0.4) is 0 Å². The third-order valence-corrected chi connectivity index (χ3v) is 5.30. The topological polar surface area (TPSA) is 40.5 Å². The van der Waals surface area contributed by atoms with Gasteiger partial charge in [-0.3, -0.25) is 9.69 Å². The van der Waals surface area contributed by atoms with Gasteiger partial charge in [-0.05, 0) is 58.4 Å². The molecule has 3 atom stereocenters. The molecule has 0 spiro atoms. The largest absolute Gasteiger partial charge is 0.481 e. The summed E-state index contributed by atoms with van der Waals surface area (Å²) < 4.78 is 0. The molecule has 1 N–H and O–H groups in total. The molecule has 0 bridgehead atoms. The lowest BCUT2D eigenvalue weighted by atomic mass is 9.75. The molecule has 3 unspecified atom stereocenters. The molecule has 0 aromatic heterocycles. The van der Waals surface area contributed by atoms with Gasteiger partial charge in [0.05, 0.1) is 5.92 Å². The van der Waals surface area contributed by atoms with E-state index in [0.29, 0.717) is 0 Å². The van der Waals surface area contributed by atoms with Crippen molar-refractivity contribution >= 4 is 5.97 Å². The summed E-state index contributed by atoms with van der Waals surface area (Å²) in [5.41, 5.74) is 0.187. The van der Waals surface area contributed by atoms with Gasteiger partial charge in [0.1, 0.15) is 0 Å². The molecule has 110 valence electrons. The van der Waals surface area contributed by atoms with Gasteiger partial charge in [-0.15, -0.1) is 0 Å². The van der Waals surface area contributed by atoms with Crippen LogP contribution in [0.2, 0.25) is 0 Å². The molecule has 1 aliphatic heterocycles.